The molecule has 2 N–H and O–H groups in total. The van der Waals surface area contributed by atoms with Gasteiger partial charge < -0.3 is 29.3 Å². The molecule has 1 amide bonds. The van der Waals surface area contributed by atoms with Gasteiger partial charge in [-0.3, -0.25) is 9.59 Å². The van der Waals surface area contributed by atoms with Crippen LogP contribution in [0.5, 0.6) is 17.2 Å². The number of ketones is 1. The van der Waals surface area contributed by atoms with Crippen molar-refractivity contribution in [2.45, 2.75) is 40.2 Å². The predicted octanol–water partition coefficient (Wildman–Crippen LogP) is 4.59. The number of carbonyl (C=O) groups excluding carboxylic acids is 2. The second kappa shape index (κ2) is 11.9. The maximum Gasteiger partial charge on any atom is 0.295 e. The number of amides is 1. The van der Waals surface area contributed by atoms with Crippen molar-refractivity contribution in [2.24, 2.45) is 5.92 Å². The van der Waals surface area contributed by atoms with Crippen molar-refractivity contribution in [1.29, 1.82) is 0 Å². The Morgan fingerprint density at radius 2 is 1.83 bits per heavy atom. The second-order valence-electron chi connectivity index (χ2n) is 9.18. The number of benzene rings is 2. The number of hydrogen-bond donors (Lipinski definition) is 2. The van der Waals surface area contributed by atoms with Gasteiger partial charge in [-0.25, -0.2) is 0 Å². The van der Waals surface area contributed by atoms with E-state index in [1.807, 2.05) is 6.92 Å². The molecule has 0 bridgehead atoms. The smallest absolute Gasteiger partial charge is 0.295 e. The van der Waals surface area contributed by atoms with Crippen molar-refractivity contribution in [1.82, 2.24) is 4.90 Å². The molecule has 0 aromatic heterocycles. The minimum atomic E-state index is -0.848. The highest BCUT2D eigenvalue weighted by Gasteiger charge is 2.46. The number of carbonyl (C=O) groups is 2. The van der Waals surface area contributed by atoms with E-state index in [-0.39, 0.29) is 29.4 Å². The summed E-state index contributed by atoms with van der Waals surface area (Å²) in [5, 5.41) is 21.5. The largest absolute Gasteiger partial charge is 0.507 e. The number of aliphatic hydroxyl groups is 1. The highest BCUT2D eigenvalue weighted by molar-refractivity contribution is 6.46. The Morgan fingerprint density at radius 1 is 1.08 bits per heavy atom. The number of likely N-dealkylation sites (tertiary alicyclic amines) is 1. The van der Waals surface area contributed by atoms with Crippen LogP contribution in [0.2, 0.25) is 0 Å². The van der Waals surface area contributed by atoms with E-state index in [2.05, 4.69) is 13.8 Å². The fourth-order valence-electron chi connectivity index (χ4n) is 4.18. The molecule has 0 aliphatic carbocycles. The Balaban J connectivity index is 2.10. The van der Waals surface area contributed by atoms with Gasteiger partial charge in [-0.15, -0.1) is 0 Å². The van der Waals surface area contributed by atoms with Crippen molar-refractivity contribution >= 4 is 17.4 Å². The number of nitrogens with zero attached hydrogens (tertiary/aromatic N) is 1. The number of ether oxygens (including phenoxy) is 3. The number of hydrogen-bond acceptors (Lipinski definition) is 7. The third-order valence-corrected chi connectivity index (χ3v) is 5.91. The van der Waals surface area contributed by atoms with Gasteiger partial charge in [0.25, 0.3) is 11.7 Å². The van der Waals surface area contributed by atoms with Crippen molar-refractivity contribution in [3.8, 4) is 17.2 Å². The van der Waals surface area contributed by atoms with Gasteiger partial charge in [-0.2, -0.15) is 0 Å². The zero-order valence-corrected chi connectivity index (χ0v) is 21.5. The zero-order valence-electron chi connectivity index (χ0n) is 21.5. The molecule has 1 heterocycles. The molecule has 1 aliphatic rings. The number of phenolic OH excluding ortho intramolecular Hbond substituents is 1. The summed E-state index contributed by atoms with van der Waals surface area (Å²) in [4.78, 5) is 27.7. The highest BCUT2D eigenvalue weighted by atomic mass is 16.5. The number of rotatable bonds is 11. The third-order valence-electron chi connectivity index (χ3n) is 5.91. The van der Waals surface area contributed by atoms with Gasteiger partial charge in [0, 0.05) is 25.8 Å². The van der Waals surface area contributed by atoms with Crippen LogP contribution in [0.25, 0.3) is 5.76 Å². The van der Waals surface area contributed by atoms with E-state index in [0.29, 0.717) is 49.0 Å². The van der Waals surface area contributed by atoms with Gasteiger partial charge in [0.15, 0.2) is 11.5 Å². The number of methoxy groups -OCH3 is 1. The lowest BCUT2D eigenvalue weighted by molar-refractivity contribution is -0.140. The SMILES string of the molecule is CCOc1cc([C@H]2C(=C(O)c3ccc(OCC(C)C)c(C)c3)C(=O)C(=O)N2CCCOC)ccc1O. The van der Waals surface area contributed by atoms with Crippen LogP contribution >= 0.6 is 0 Å². The summed E-state index contributed by atoms with van der Waals surface area (Å²) in [6.45, 7) is 9.32. The first kappa shape index (κ1) is 27.1. The number of Topliss-reactive ketones (excluding diaryl/α,β-unsaturated/α-hetero) is 1. The summed E-state index contributed by atoms with van der Waals surface area (Å²) in [5.74, 6) is -0.493. The maximum absolute atomic E-state index is 13.2. The number of aryl methyl sites for hydroxylation is 1. The van der Waals surface area contributed by atoms with Gasteiger partial charge in [0.1, 0.15) is 11.5 Å². The van der Waals surface area contributed by atoms with Gasteiger partial charge in [0.05, 0.1) is 24.8 Å². The molecule has 8 heteroatoms. The molecule has 1 aliphatic heterocycles. The number of phenols is 1. The van der Waals surface area contributed by atoms with Crippen molar-refractivity contribution in [3.63, 3.8) is 0 Å². The van der Waals surface area contributed by atoms with Crippen LogP contribution in [-0.2, 0) is 14.3 Å². The Kier molecular flexibility index (Phi) is 8.98. The standard InChI is InChI=1S/C28H35NO7/c1-6-35-23-15-19(8-10-21(23)30)25-24(27(32)28(33)29(25)12-7-13-34-5)26(31)20-9-11-22(18(4)14-20)36-16-17(2)3/h8-11,14-15,17,25,30-31H,6-7,12-13,16H2,1-5H3/t25-/m0/s1. The molecule has 0 radical (unpaired) electrons. The Morgan fingerprint density at radius 3 is 2.47 bits per heavy atom. The van der Waals surface area contributed by atoms with Crippen LogP contribution in [0.1, 0.15) is 49.9 Å². The van der Waals surface area contributed by atoms with Gasteiger partial charge in [0.2, 0.25) is 0 Å². The molecular formula is C28H35NO7. The molecule has 3 rings (SSSR count). The van der Waals surface area contributed by atoms with Crippen molar-refractivity contribution < 1.29 is 34.0 Å². The number of aromatic hydroxyl groups is 1. The molecule has 0 saturated carbocycles. The summed E-state index contributed by atoms with van der Waals surface area (Å²) in [6, 6.07) is 9.00. The van der Waals surface area contributed by atoms with Crippen LogP contribution in [0.4, 0.5) is 0 Å². The quantitative estimate of drug-likeness (QED) is 0.202. The number of aliphatic hydroxyl groups excluding tert-OH is 1. The molecule has 2 aromatic rings. The Labute approximate surface area is 212 Å². The monoisotopic (exact) mass is 497 g/mol. The summed E-state index contributed by atoms with van der Waals surface area (Å²) in [7, 11) is 1.57. The van der Waals surface area contributed by atoms with Crippen LogP contribution < -0.4 is 9.47 Å². The first-order chi connectivity index (χ1) is 17.2. The van der Waals surface area contributed by atoms with Crippen molar-refractivity contribution in [3.05, 3.63) is 58.7 Å². The zero-order chi connectivity index (χ0) is 26.4. The molecule has 1 fully saturated rings. The molecule has 194 valence electrons. The van der Waals surface area contributed by atoms with Gasteiger partial charge in [-0.05, 0) is 67.6 Å². The van der Waals surface area contributed by atoms with E-state index in [4.69, 9.17) is 14.2 Å². The fraction of sp³-hybridized carbons (Fsp3) is 0.429. The maximum atomic E-state index is 13.2. The summed E-state index contributed by atoms with van der Waals surface area (Å²) in [5.41, 5.74) is 1.74. The van der Waals surface area contributed by atoms with Crippen LogP contribution in [-0.4, -0.2) is 60.3 Å². The normalized spacial score (nSPS) is 17.2. The summed E-state index contributed by atoms with van der Waals surface area (Å²) < 4.78 is 16.5. The van der Waals surface area contributed by atoms with Crippen LogP contribution in [0.3, 0.4) is 0 Å². The predicted molar refractivity (Wildman–Crippen MR) is 136 cm³/mol. The fourth-order valence-corrected chi connectivity index (χ4v) is 4.18. The van der Waals surface area contributed by atoms with E-state index in [1.165, 1.54) is 11.0 Å². The van der Waals surface area contributed by atoms with E-state index in [1.54, 1.807) is 44.4 Å². The molecule has 1 atom stereocenters. The molecular weight excluding hydrogens is 462 g/mol. The Hall–Kier alpha value is -3.52. The summed E-state index contributed by atoms with van der Waals surface area (Å²) >= 11 is 0. The Bertz CT molecular complexity index is 1140. The third kappa shape index (κ3) is 5.82. The minimum Gasteiger partial charge on any atom is -0.507 e. The second-order valence-corrected chi connectivity index (χ2v) is 9.18. The molecule has 1 saturated heterocycles. The lowest BCUT2D eigenvalue weighted by Gasteiger charge is -2.26. The van der Waals surface area contributed by atoms with E-state index in [0.717, 1.165) is 5.56 Å². The molecule has 36 heavy (non-hydrogen) atoms. The van der Waals surface area contributed by atoms with Crippen LogP contribution in [0.15, 0.2) is 42.0 Å². The van der Waals surface area contributed by atoms with Crippen molar-refractivity contribution in [2.75, 3.05) is 33.5 Å². The van der Waals surface area contributed by atoms with E-state index < -0.39 is 17.7 Å². The molecule has 8 nitrogen and oxygen atoms in total. The molecule has 0 spiro atoms. The average molecular weight is 498 g/mol. The van der Waals surface area contributed by atoms with Crippen LogP contribution in [0, 0.1) is 12.8 Å². The highest BCUT2D eigenvalue weighted by Crippen LogP contribution is 2.42. The lowest BCUT2D eigenvalue weighted by Crippen LogP contribution is -2.31. The molecule has 0 unspecified atom stereocenters. The van der Waals surface area contributed by atoms with E-state index in [9.17, 15) is 19.8 Å². The lowest BCUT2D eigenvalue weighted by atomic mass is 9.94. The first-order valence-corrected chi connectivity index (χ1v) is 12.2. The van der Waals surface area contributed by atoms with Gasteiger partial charge in [-0.1, -0.05) is 19.9 Å². The minimum absolute atomic E-state index is 0.0131. The van der Waals surface area contributed by atoms with Gasteiger partial charge >= 0.3 is 0 Å². The first-order valence-electron chi connectivity index (χ1n) is 12.2. The average Bonchev–Trinajstić information content (AvgIpc) is 3.09. The van der Waals surface area contributed by atoms with E-state index >= 15 is 0 Å². The topological polar surface area (TPSA) is 106 Å². The summed E-state index contributed by atoms with van der Waals surface area (Å²) in [6.07, 6.45) is 0.511. The molecule has 2 aromatic carbocycles.